The van der Waals surface area contributed by atoms with E-state index in [9.17, 15) is 13.2 Å². The zero-order chi connectivity index (χ0) is 24.7. The highest BCUT2D eigenvalue weighted by molar-refractivity contribution is 7.92. The lowest BCUT2D eigenvalue weighted by Gasteiger charge is -2.14. The van der Waals surface area contributed by atoms with Crippen molar-refractivity contribution in [2.45, 2.75) is 11.4 Å². The summed E-state index contributed by atoms with van der Waals surface area (Å²) in [6, 6.07) is 23.6. The van der Waals surface area contributed by atoms with Gasteiger partial charge < -0.3 is 14.8 Å². The summed E-state index contributed by atoms with van der Waals surface area (Å²) in [5.41, 5.74) is 1.34. The number of pyridine rings is 1. The lowest BCUT2D eigenvalue weighted by molar-refractivity contribution is 0.0950. The molecule has 9 heteroatoms. The maximum absolute atomic E-state index is 13.1. The lowest BCUT2D eigenvalue weighted by atomic mass is 10.2. The number of carbonyl (C=O) groups excluding carboxylic acids is 1. The topological polar surface area (TPSA) is 107 Å². The Kier molecular flexibility index (Phi) is 7.27. The van der Waals surface area contributed by atoms with Crippen molar-refractivity contribution in [1.82, 2.24) is 10.3 Å². The molecule has 3 aromatic carbocycles. The second kappa shape index (κ2) is 10.7. The third-order valence-corrected chi connectivity index (χ3v) is 6.38. The molecule has 4 rings (SSSR count). The van der Waals surface area contributed by atoms with Gasteiger partial charge in [0.05, 0.1) is 7.11 Å². The molecule has 0 saturated carbocycles. The third-order valence-electron chi connectivity index (χ3n) is 4.98. The Hall–Kier alpha value is -4.37. The molecule has 0 spiro atoms. The Morgan fingerprint density at radius 2 is 1.66 bits per heavy atom. The third kappa shape index (κ3) is 6.15. The van der Waals surface area contributed by atoms with E-state index in [4.69, 9.17) is 9.47 Å². The van der Waals surface area contributed by atoms with Crippen molar-refractivity contribution in [3.63, 3.8) is 0 Å². The summed E-state index contributed by atoms with van der Waals surface area (Å²) < 4.78 is 39.8. The number of rotatable bonds is 9. The van der Waals surface area contributed by atoms with Crippen LogP contribution < -0.4 is 19.5 Å². The summed E-state index contributed by atoms with van der Waals surface area (Å²) in [5.74, 6) is 0.925. The summed E-state index contributed by atoms with van der Waals surface area (Å²) in [6.45, 7) is 0.260. The standard InChI is InChI=1S/C26H23N3O5S/c1-33-24-14-9-20(26(30)28-18-19-6-5-15-27-17-19)16-25(24)35(31,32)29-21-10-12-23(13-11-21)34-22-7-3-2-4-8-22/h2-17,29H,18H2,1H3,(H,28,30). The van der Waals surface area contributed by atoms with Crippen LogP contribution in [0.1, 0.15) is 15.9 Å². The molecule has 1 heterocycles. The molecule has 0 radical (unpaired) electrons. The van der Waals surface area contributed by atoms with Crippen LogP contribution in [0.4, 0.5) is 5.69 Å². The first-order valence-electron chi connectivity index (χ1n) is 10.7. The molecule has 0 fully saturated rings. The second-order valence-corrected chi connectivity index (χ2v) is 9.11. The van der Waals surface area contributed by atoms with Crippen LogP contribution in [-0.2, 0) is 16.6 Å². The Morgan fingerprint density at radius 1 is 0.914 bits per heavy atom. The van der Waals surface area contributed by atoms with Gasteiger partial charge in [0.1, 0.15) is 22.1 Å². The highest BCUT2D eigenvalue weighted by Gasteiger charge is 2.22. The molecular formula is C26H23N3O5S. The minimum absolute atomic E-state index is 0.116. The first-order chi connectivity index (χ1) is 16.9. The van der Waals surface area contributed by atoms with E-state index in [0.29, 0.717) is 17.2 Å². The molecule has 8 nitrogen and oxygen atoms in total. The van der Waals surface area contributed by atoms with Crippen molar-refractivity contribution in [2.75, 3.05) is 11.8 Å². The number of sulfonamides is 1. The van der Waals surface area contributed by atoms with Crippen molar-refractivity contribution in [3.8, 4) is 17.2 Å². The highest BCUT2D eigenvalue weighted by Crippen LogP contribution is 2.28. The van der Waals surface area contributed by atoms with Gasteiger partial charge in [0.2, 0.25) is 0 Å². The van der Waals surface area contributed by atoms with Crippen molar-refractivity contribution in [3.05, 3.63) is 108 Å². The summed E-state index contributed by atoms with van der Waals surface area (Å²) in [6.07, 6.45) is 3.28. The van der Waals surface area contributed by atoms with Gasteiger partial charge in [-0.05, 0) is 66.2 Å². The number of ether oxygens (including phenoxy) is 2. The Labute approximate surface area is 203 Å². The van der Waals surface area contributed by atoms with Gasteiger partial charge in [-0.1, -0.05) is 24.3 Å². The SMILES string of the molecule is COc1ccc(C(=O)NCc2cccnc2)cc1S(=O)(=O)Nc1ccc(Oc2ccccc2)cc1. The van der Waals surface area contributed by atoms with Crippen molar-refractivity contribution in [2.24, 2.45) is 0 Å². The quantitative estimate of drug-likeness (QED) is 0.356. The number of benzene rings is 3. The van der Waals surface area contributed by atoms with Gasteiger partial charge in [0, 0.05) is 30.2 Å². The predicted octanol–water partition coefficient (Wildman–Crippen LogP) is 4.61. The van der Waals surface area contributed by atoms with Crippen LogP contribution in [0.15, 0.2) is 102 Å². The van der Waals surface area contributed by atoms with Gasteiger partial charge >= 0.3 is 0 Å². The maximum Gasteiger partial charge on any atom is 0.265 e. The second-order valence-electron chi connectivity index (χ2n) is 7.45. The summed E-state index contributed by atoms with van der Waals surface area (Å²) in [5, 5.41) is 2.76. The molecule has 0 saturated heterocycles. The number of nitrogens with one attached hydrogen (secondary N) is 2. The molecule has 1 aromatic heterocycles. The smallest absolute Gasteiger partial charge is 0.265 e. The van der Waals surface area contributed by atoms with Gasteiger partial charge in [-0.3, -0.25) is 14.5 Å². The number of hydrogen-bond donors (Lipinski definition) is 2. The molecular weight excluding hydrogens is 466 g/mol. The fraction of sp³-hybridized carbons (Fsp3) is 0.0769. The number of para-hydroxylation sites is 1. The van der Waals surface area contributed by atoms with Crippen LogP contribution in [0.25, 0.3) is 0 Å². The van der Waals surface area contributed by atoms with Crippen LogP contribution >= 0.6 is 0 Å². The Morgan fingerprint density at radius 3 is 2.34 bits per heavy atom. The average molecular weight is 490 g/mol. The first kappa shape index (κ1) is 23.8. The molecule has 35 heavy (non-hydrogen) atoms. The van der Waals surface area contributed by atoms with Crippen LogP contribution in [-0.4, -0.2) is 26.4 Å². The molecule has 1 amide bonds. The van der Waals surface area contributed by atoms with E-state index in [-0.39, 0.29) is 22.8 Å². The average Bonchev–Trinajstić information content (AvgIpc) is 2.89. The fourth-order valence-corrected chi connectivity index (χ4v) is 4.50. The van der Waals surface area contributed by atoms with Crippen LogP contribution in [0.3, 0.4) is 0 Å². The molecule has 0 unspecified atom stereocenters. The number of nitrogens with zero attached hydrogens (tertiary/aromatic N) is 1. The minimum Gasteiger partial charge on any atom is -0.495 e. The zero-order valence-corrected chi connectivity index (χ0v) is 19.7. The molecule has 0 aliphatic carbocycles. The van der Waals surface area contributed by atoms with Crippen molar-refractivity contribution < 1.29 is 22.7 Å². The lowest BCUT2D eigenvalue weighted by Crippen LogP contribution is -2.23. The predicted molar refractivity (Wildman–Crippen MR) is 132 cm³/mol. The van der Waals surface area contributed by atoms with Crippen LogP contribution in [0, 0.1) is 0 Å². The maximum atomic E-state index is 13.1. The normalized spacial score (nSPS) is 10.9. The van der Waals surface area contributed by atoms with E-state index < -0.39 is 15.9 Å². The number of carbonyl (C=O) groups is 1. The van der Waals surface area contributed by atoms with Gasteiger partial charge in [0.25, 0.3) is 15.9 Å². The molecule has 2 N–H and O–H groups in total. The fourth-order valence-electron chi connectivity index (χ4n) is 3.24. The Balaban J connectivity index is 1.49. The molecule has 0 atom stereocenters. The number of anilines is 1. The zero-order valence-electron chi connectivity index (χ0n) is 18.8. The summed E-state index contributed by atoms with van der Waals surface area (Å²) in [7, 11) is -2.69. The number of amides is 1. The largest absolute Gasteiger partial charge is 0.495 e. The number of hydrogen-bond acceptors (Lipinski definition) is 6. The first-order valence-corrected chi connectivity index (χ1v) is 12.1. The van der Waals surface area contributed by atoms with Gasteiger partial charge in [-0.15, -0.1) is 0 Å². The number of methoxy groups -OCH3 is 1. The van der Waals surface area contributed by atoms with Crippen molar-refractivity contribution >= 4 is 21.6 Å². The van der Waals surface area contributed by atoms with E-state index in [1.807, 2.05) is 36.4 Å². The Bertz CT molecular complexity index is 1390. The summed E-state index contributed by atoms with van der Waals surface area (Å²) in [4.78, 5) is 16.5. The van der Waals surface area contributed by atoms with Gasteiger partial charge in [0.15, 0.2) is 0 Å². The molecule has 0 aliphatic rings. The van der Waals surface area contributed by atoms with E-state index in [2.05, 4.69) is 15.0 Å². The van der Waals surface area contributed by atoms with E-state index in [0.717, 1.165) is 5.56 Å². The molecule has 178 valence electrons. The summed E-state index contributed by atoms with van der Waals surface area (Å²) >= 11 is 0. The van der Waals surface area contributed by atoms with E-state index in [1.165, 1.54) is 25.3 Å². The van der Waals surface area contributed by atoms with Gasteiger partial charge in [-0.2, -0.15) is 0 Å². The van der Waals surface area contributed by atoms with Crippen molar-refractivity contribution in [1.29, 1.82) is 0 Å². The highest BCUT2D eigenvalue weighted by atomic mass is 32.2. The van der Waals surface area contributed by atoms with Gasteiger partial charge in [-0.25, -0.2) is 8.42 Å². The minimum atomic E-state index is -4.06. The molecule has 4 aromatic rings. The van der Waals surface area contributed by atoms with Crippen LogP contribution in [0.2, 0.25) is 0 Å². The van der Waals surface area contributed by atoms with E-state index >= 15 is 0 Å². The molecule has 0 bridgehead atoms. The van der Waals surface area contributed by atoms with Crippen LogP contribution in [0.5, 0.6) is 17.2 Å². The van der Waals surface area contributed by atoms with E-state index in [1.54, 1.807) is 42.7 Å². The molecule has 0 aliphatic heterocycles. The number of aromatic nitrogens is 1. The monoisotopic (exact) mass is 489 g/mol.